The van der Waals surface area contributed by atoms with Crippen molar-refractivity contribution in [3.8, 4) is 0 Å². The van der Waals surface area contributed by atoms with Crippen molar-refractivity contribution in [2.24, 2.45) is 0 Å². The van der Waals surface area contributed by atoms with Crippen molar-refractivity contribution >= 4 is 11.7 Å². The number of anilines is 1. The molecule has 126 valence electrons. The average molecular weight is 322 g/mol. The minimum absolute atomic E-state index is 0.0149. The number of nitrogens with one attached hydrogen (secondary N) is 1. The van der Waals surface area contributed by atoms with Crippen LogP contribution in [0.3, 0.4) is 0 Å². The molecule has 1 atom stereocenters. The van der Waals surface area contributed by atoms with E-state index < -0.39 is 0 Å². The van der Waals surface area contributed by atoms with E-state index >= 15 is 0 Å². The van der Waals surface area contributed by atoms with E-state index in [0.717, 1.165) is 31.6 Å². The zero-order chi connectivity index (χ0) is 16.9. The van der Waals surface area contributed by atoms with Gasteiger partial charge in [-0.1, -0.05) is 42.8 Å². The third-order valence-electron chi connectivity index (χ3n) is 4.99. The van der Waals surface area contributed by atoms with Crippen LogP contribution >= 0.6 is 0 Å². The Labute approximate surface area is 144 Å². The van der Waals surface area contributed by atoms with E-state index in [-0.39, 0.29) is 6.03 Å². The number of carbonyl (C=O) groups excluding carboxylic acids is 1. The summed E-state index contributed by atoms with van der Waals surface area (Å²) in [6.45, 7) is 5.78. The fourth-order valence-electron chi connectivity index (χ4n) is 3.35. The van der Waals surface area contributed by atoms with E-state index in [2.05, 4.69) is 49.5 Å². The highest BCUT2D eigenvalue weighted by Gasteiger charge is 2.23. The van der Waals surface area contributed by atoms with Crippen molar-refractivity contribution in [1.29, 1.82) is 0 Å². The maximum Gasteiger partial charge on any atom is 0.321 e. The summed E-state index contributed by atoms with van der Waals surface area (Å²) in [4.78, 5) is 14.7. The van der Waals surface area contributed by atoms with Crippen LogP contribution in [0.25, 0.3) is 0 Å². The maximum absolute atomic E-state index is 12.7. The highest BCUT2D eigenvalue weighted by molar-refractivity contribution is 5.89. The van der Waals surface area contributed by atoms with Crippen LogP contribution in [-0.2, 0) is 0 Å². The molecule has 0 bridgehead atoms. The molecule has 1 unspecified atom stereocenters. The molecule has 2 aromatic carbocycles. The van der Waals surface area contributed by atoms with Crippen molar-refractivity contribution in [2.45, 2.75) is 39.0 Å². The molecule has 0 aromatic heterocycles. The second kappa shape index (κ2) is 7.52. The van der Waals surface area contributed by atoms with E-state index in [0.29, 0.717) is 5.92 Å². The first kappa shape index (κ1) is 16.6. The second-order valence-electron chi connectivity index (χ2n) is 6.78. The van der Waals surface area contributed by atoms with Gasteiger partial charge in [-0.2, -0.15) is 0 Å². The molecule has 24 heavy (non-hydrogen) atoms. The Kier molecular flexibility index (Phi) is 5.19. The number of nitrogens with zero attached hydrogens (tertiary/aromatic N) is 1. The molecular weight excluding hydrogens is 296 g/mol. The number of hydrogen-bond acceptors (Lipinski definition) is 1. The lowest BCUT2D eigenvalue weighted by Gasteiger charge is -2.25. The van der Waals surface area contributed by atoms with E-state index in [4.69, 9.17) is 0 Å². The van der Waals surface area contributed by atoms with E-state index in [1.165, 1.54) is 23.1 Å². The van der Waals surface area contributed by atoms with Gasteiger partial charge in [-0.3, -0.25) is 0 Å². The molecule has 1 heterocycles. The molecule has 1 aliphatic rings. The number of rotatable bonds is 2. The minimum atomic E-state index is 0.0149. The van der Waals surface area contributed by atoms with Gasteiger partial charge in [0.2, 0.25) is 0 Å². The molecule has 2 amide bonds. The molecule has 1 N–H and O–H groups in total. The highest BCUT2D eigenvalue weighted by atomic mass is 16.2. The lowest BCUT2D eigenvalue weighted by molar-refractivity contribution is 0.211. The summed E-state index contributed by atoms with van der Waals surface area (Å²) in [7, 11) is 0. The molecule has 0 aliphatic carbocycles. The first-order valence-electron chi connectivity index (χ1n) is 8.81. The van der Waals surface area contributed by atoms with E-state index in [1.807, 2.05) is 23.1 Å². The molecule has 0 saturated carbocycles. The number of urea groups is 1. The van der Waals surface area contributed by atoms with Gasteiger partial charge >= 0.3 is 6.03 Å². The second-order valence-corrected chi connectivity index (χ2v) is 6.78. The summed E-state index contributed by atoms with van der Waals surface area (Å²) in [5.41, 5.74) is 4.66. The van der Waals surface area contributed by atoms with Crippen molar-refractivity contribution < 1.29 is 4.79 Å². The molecule has 1 saturated heterocycles. The predicted molar refractivity (Wildman–Crippen MR) is 99.5 cm³/mol. The average Bonchev–Trinajstić information content (AvgIpc) is 2.85. The Balaban J connectivity index is 1.70. The Morgan fingerprint density at radius 2 is 1.83 bits per heavy atom. The normalized spacial score (nSPS) is 18.1. The summed E-state index contributed by atoms with van der Waals surface area (Å²) in [5.74, 6) is 0.430. The van der Waals surface area contributed by atoms with Gasteiger partial charge < -0.3 is 10.2 Å². The third-order valence-corrected chi connectivity index (χ3v) is 4.99. The van der Waals surface area contributed by atoms with Gasteiger partial charge in [0.1, 0.15) is 0 Å². The number of carbonyl (C=O) groups is 1. The number of amides is 2. The Hall–Kier alpha value is -2.29. The number of benzene rings is 2. The zero-order valence-corrected chi connectivity index (χ0v) is 14.6. The van der Waals surface area contributed by atoms with Crippen LogP contribution in [-0.4, -0.2) is 24.0 Å². The summed E-state index contributed by atoms with van der Waals surface area (Å²) < 4.78 is 0. The van der Waals surface area contributed by atoms with Gasteiger partial charge in [0.05, 0.1) is 0 Å². The first-order chi connectivity index (χ1) is 11.6. The largest absolute Gasteiger partial charge is 0.324 e. The first-order valence-corrected chi connectivity index (χ1v) is 8.81. The summed E-state index contributed by atoms with van der Waals surface area (Å²) >= 11 is 0. The van der Waals surface area contributed by atoms with Crippen LogP contribution in [0.2, 0.25) is 0 Å². The van der Waals surface area contributed by atoms with Crippen LogP contribution in [0.15, 0.2) is 48.5 Å². The lowest BCUT2D eigenvalue weighted by atomic mass is 9.94. The van der Waals surface area contributed by atoms with Crippen molar-refractivity contribution in [3.05, 3.63) is 65.2 Å². The molecule has 1 aliphatic heterocycles. The summed E-state index contributed by atoms with van der Waals surface area (Å²) in [6, 6.07) is 16.7. The lowest BCUT2D eigenvalue weighted by Crippen LogP contribution is -2.37. The fourth-order valence-corrected chi connectivity index (χ4v) is 3.35. The van der Waals surface area contributed by atoms with Gasteiger partial charge in [-0.25, -0.2) is 4.79 Å². The predicted octanol–water partition coefficient (Wildman–Crippen LogP) is 5.11. The Morgan fingerprint density at radius 1 is 1.04 bits per heavy atom. The van der Waals surface area contributed by atoms with Gasteiger partial charge in [0.15, 0.2) is 0 Å². The molecule has 1 fully saturated rings. The molecule has 0 spiro atoms. The Bertz CT molecular complexity index is 696. The van der Waals surface area contributed by atoms with Crippen LogP contribution in [0.1, 0.15) is 41.9 Å². The van der Waals surface area contributed by atoms with Crippen molar-refractivity contribution in [1.82, 2.24) is 4.90 Å². The molecule has 3 nitrogen and oxygen atoms in total. The van der Waals surface area contributed by atoms with Crippen molar-refractivity contribution in [2.75, 3.05) is 18.4 Å². The molecular formula is C21H26N2O. The smallest absolute Gasteiger partial charge is 0.321 e. The summed E-state index contributed by atoms with van der Waals surface area (Å²) in [6.07, 6.45) is 3.40. The topological polar surface area (TPSA) is 32.3 Å². The SMILES string of the molecule is Cc1ccc(NC(=O)N2CCCCC(c3ccccc3)C2)cc1C. The van der Waals surface area contributed by atoms with Crippen LogP contribution < -0.4 is 5.32 Å². The molecule has 3 heteroatoms. The number of aryl methyl sites for hydroxylation is 2. The molecule has 2 aromatic rings. The maximum atomic E-state index is 12.7. The molecule has 3 rings (SSSR count). The number of likely N-dealkylation sites (tertiary alicyclic amines) is 1. The highest BCUT2D eigenvalue weighted by Crippen LogP contribution is 2.26. The van der Waals surface area contributed by atoms with E-state index in [1.54, 1.807) is 0 Å². The van der Waals surface area contributed by atoms with Crippen LogP contribution in [0, 0.1) is 13.8 Å². The van der Waals surface area contributed by atoms with E-state index in [9.17, 15) is 4.79 Å². The van der Waals surface area contributed by atoms with Gasteiger partial charge in [-0.15, -0.1) is 0 Å². The van der Waals surface area contributed by atoms with Crippen molar-refractivity contribution in [3.63, 3.8) is 0 Å². The van der Waals surface area contributed by atoms with Crippen LogP contribution in [0.5, 0.6) is 0 Å². The quantitative estimate of drug-likeness (QED) is 0.819. The minimum Gasteiger partial charge on any atom is -0.324 e. The van der Waals surface area contributed by atoms with Gasteiger partial charge in [-0.05, 0) is 55.5 Å². The molecule has 0 radical (unpaired) electrons. The van der Waals surface area contributed by atoms with Gasteiger partial charge in [0.25, 0.3) is 0 Å². The monoisotopic (exact) mass is 322 g/mol. The third kappa shape index (κ3) is 3.97. The standard InChI is InChI=1S/C21H26N2O/c1-16-11-12-20(14-17(16)2)22-21(24)23-13-7-6-10-19(15-23)18-8-4-3-5-9-18/h3-5,8-9,11-12,14,19H,6-7,10,13,15H2,1-2H3,(H,22,24). The van der Waals surface area contributed by atoms with Crippen LogP contribution in [0.4, 0.5) is 10.5 Å². The zero-order valence-electron chi connectivity index (χ0n) is 14.6. The Morgan fingerprint density at radius 3 is 2.58 bits per heavy atom. The fraction of sp³-hybridized carbons (Fsp3) is 0.381. The van der Waals surface area contributed by atoms with Gasteiger partial charge in [0, 0.05) is 24.7 Å². The number of hydrogen-bond donors (Lipinski definition) is 1. The summed E-state index contributed by atoms with van der Waals surface area (Å²) in [5, 5.41) is 3.07.